The molecule has 0 fully saturated rings. The fourth-order valence-electron chi connectivity index (χ4n) is 3.25. The van der Waals surface area contributed by atoms with Gasteiger partial charge >= 0.3 is 0 Å². The third-order valence-electron chi connectivity index (χ3n) is 4.72. The summed E-state index contributed by atoms with van der Waals surface area (Å²) in [7, 11) is 0. The van der Waals surface area contributed by atoms with Crippen LogP contribution in [-0.4, -0.2) is 25.8 Å². The van der Waals surface area contributed by atoms with E-state index in [0.29, 0.717) is 32.7 Å². The lowest BCUT2D eigenvalue weighted by Gasteiger charge is -2.03. The standard InChI is InChI=1S/C23H16FN5OS/c1-13-20(31-23(26-13)18-7-2-3-10-25-18)22(30)27-16-8-9-17-19(12-16)29-21(28-17)14-5-4-6-15(24)11-14/h2-12H,1H3,(H,27,30)(H,28,29). The van der Waals surface area contributed by atoms with Crippen LogP contribution in [0, 0.1) is 12.7 Å². The Hall–Kier alpha value is -3.91. The molecule has 0 atom stereocenters. The number of nitrogens with zero attached hydrogens (tertiary/aromatic N) is 3. The number of halogens is 1. The smallest absolute Gasteiger partial charge is 0.267 e. The lowest BCUT2D eigenvalue weighted by atomic mass is 10.2. The lowest BCUT2D eigenvalue weighted by Crippen LogP contribution is -2.11. The topological polar surface area (TPSA) is 83.6 Å². The monoisotopic (exact) mass is 429 g/mol. The molecule has 5 rings (SSSR count). The minimum Gasteiger partial charge on any atom is -0.338 e. The Morgan fingerprint density at radius 1 is 1.06 bits per heavy atom. The predicted octanol–water partition coefficient (Wildman–Crippen LogP) is 5.45. The molecule has 3 heterocycles. The number of hydrogen-bond donors (Lipinski definition) is 2. The van der Waals surface area contributed by atoms with Gasteiger partial charge in [-0.15, -0.1) is 11.3 Å². The van der Waals surface area contributed by atoms with Gasteiger partial charge in [-0.1, -0.05) is 18.2 Å². The molecule has 6 nitrogen and oxygen atoms in total. The first kappa shape index (κ1) is 19.1. The Balaban J connectivity index is 1.40. The second-order valence-corrected chi connectivity index (χ2v) is 7.93. The molecule has 2 N–H and O–H groups in total. The number of aromatic nitrogens is 4. The second kappa shape index (κ2) is 7.73. The normalized spacial score (nSPS) is 11.0. The van der Waals surface area contributed by atoms with Crippen molar-refractivity contribution in [3.8, 4) is 22.1 Å². The van der Waals surface area contributed by atoms with Crippen LogP contribution in [0.1, 0.15) is 15.4 Å². The quantitative estimate of drug-likeness (QED) is 0.398. The molecule has 0 spiro atoms. The zero-order chi connectivity index (χ0) is 21.4. The number of aryl methyl sites for hydroxylation is 1. The minimum atomic E-state index is -0.323. The molecule has 8 heteroatoms. The number of carbonyl (C=O) groups is 1. The van der Waals surface area contributed by atoms with Gasteiger partial charge in [0, 0.05) is 17.4 Å². The zero-order valence-corrected chi connectivity index (χ0v) is 17.2. The SMILES string of the molecule is Cc1nc(-c2ccccn2)sc1C(=O)Nc1ccc2nc(-c3cccc(F)c3)[nH]c2c1. The summed E-state index contributed by atoms with van der Waals surface area (Å²) in [5, 5.41) is 3.62. The van der Waals surface area contributed by atoms with Gasteiger partial charge in [-0.3, -0.25) is 9.78 Å². The van der Waals surface area contributed by atoms with Crippen LogP contribution in [0.2, 0.25) is 0 Å². The number of fused-ring (bicyclic) bond motifs is 1. The summed E-state index contributed by atoms with van der Waals surface area (Å²) in [6.07, 6.45) is 1.70. The van der Waals surface area contributed by atoms with Gasteiger partial charge in [0.25, 0.3) is 5.91 Å². The Labute approximate surface area is 180 Å². The molecule has 0 radical (unpaired) electrons. The second-order valence-electron chi connectivity index (χ2n) is 6.93. The van der Waals surface area contributed by atoms with Crippen LogP contribution in [0.5, 0.6) is 0 Å². The lowest BCUT2D eigenvalue weighted by molar-refractivity contribution is 0.103. The van der Waals surface area contributed by atoms with Crippen LogP contribution in [0.4, 0.5) is 10.1 Å². The van der Waals surface area contributed by atoms with Crippen LogP contribution in [-0.2, 0) is 0 Å². The summed E-state index contributed by atoms with van der Waals surface area (Å²) in [4.78, 5) is 29.9. The molecule has 0 aliphatic rings. The number of thiazole rings is 1. The molecular weight excluding hydrogens is 413 g/mol. The van der Waals surface area contributed by atoms with Gasteiger partial charge in [-0.05, 0) is 49.4 Å². The maximum Gasteiger partial charge on any atom is 0.267 e. The highest BCUT2D eigenvalue weighted by atomic mass is 32.1. The molecule has 152 valence electrons. The Morgan fingerprint density at radius 3 is 2.77 bits per heavy atom. The van der Waals surface area contributed by atoms with Crippen molar-refractivity contribution >= 4 is 34.0 Å². The van der Waals surface area contributed by atoms with E-state index >= 15 is 0 Å². The Kier molecular flexibility index (Phi) is 4.76. The number of rotatable bonds is 4. The van der Waals surface area contributed by atoms with Crippen molar-refractivity contribution in [2.45, 2.75) is 6.92 Å². The average molecular weight is 429 g/mol. The maximum atomic E-state index is 13.5. The molecule has 0 aliphatic heterocycles. The van der Waals surface area contributed by atoms with Gasteiger partial charge in [0.2, 0.25) is 0 Å². The van der Waals surface area contributed by atoms with Crippen molar-refractivity contribution in [1.29, 1.82) is 0 Å². The molecule has 2 aromatic carbocycles. The molecule has 31 heavy (non-hydrogen) atoms. The number of anilines is 1. The first-order valence-corrected chi connectivity index (χ1v) is 10.3. The van der Waals surface area contributed by atoms with Crippen molar-refractivity contribution in [3.63, 3.8) is 0 Å². The van der Waals surface area contributed by atoms with E-state index in [9.17, 15) is 9.18 Å². The first-order chi connectivity index (χ1) is 15.1. The largest absolute Gasteiger partial charge is 0.338 e. The summed E-state index contributed by atoms with van der Waals surface area (Å²) in [6, 6.07) is 17.2. The van der Waals surface area contributed by atoms with E-state index in [1.807, 2.05) is 24.3 Å². The van der Waals surface area contributed by atoms with Crippen molar-refractivity contribution in [2.75, 3.05) is 5.32 Å². The molecule has 3 aromatic heterocycles. The molecule has 0 bridgehead atoms. The van der Waals surface area contributed by atoms with E-state index in [0.717, 1.165) is 16.7 Å². The molecule has 1 amide bonds. The number of nitrogens with one attached hydrogen (secondary N) is 2. The summed E-state index contributed by atoms with van der Waals surface area (Å²) < 4.78 is 13.5. The van der Waals surface area contributed by atoms with Gasteiger partial charge in [0.15, 0.2) is 0 Å². The minimum absolute atomic E-state index is 0.235. The molecule has 0 saturated heterocycles. The van der Waals surface area contributed by atoms with Crippen molar-refractivity contribution < 1.29 is 9.18 Å². The van der Waals surface area contributed by atoms with E-state index in [2.05, 4.69) is 25.3 Å². The third kappa shape index (κ3) is 3.80. The molecular formula is C23H16FN5OS. The van der Waals surface area contributed by atoms with E-state index in [-0.39, 0.29) is 11.7 Å². The summed E-state index contributed by atoms with van der Waals surface area (Å²) in [5.74, 6) is 0.00795. The number of benzene rings is 2. The maximum absolute atomic E-state index is 13.5. The van der Waals surface area contributed by atoms with Gasteiger partial charge in [-0.25, -0.2) is 14.4 Å². The highest BCUT2D eigenvalue weighted by Gasteiger charge is 2.17. The van der Waals surface area contributed by atoms with Crippen LogP contribution in [0.15, 0.2) is 66.9 Å². The van der Waals surface area contributed by atoms with Gasteiger partial charge in [0.05, 0.1) is 22.4 Å². The van der Waals surface area contributed by atoms with E-state index in [1.54, 1.807) is 37.4 Å². The van der Waals surface area contributed by atoms with Crippen LogP contribution in [0.3, 0.4) is 0 Å². The van der Waals surface area contributed by atoms with Crippen LogP contribution >= 0.6 is 11.3 Å². The number of aromatic amines is 1. The van der Waals surface area contributed by atoms with Gasteiger partial charge in [0.1, 0.15) is 21.5 Å². The predicted molar refractivity (Wildman–Crippen MR) is 120 cm³/mol. The summed E-state index contributed by atoms with van der Waals surface area (Å²) in [6.45, 7) is 1.81. The number of H-pyrrole nitrogens is 1. The highest BCUT2D eigenvalue weighted by Crippen LogP contribution is 2.28. The molecule has 0 saturated carbocycles. The number of pyridine rings is 1. The van der Waals surface area contributed by atoms with Gasteiger partial charge < -0.3 is 10.3 Å². The number of amides is 1. The van der Waals surface area contributed by atoms with Crippen LogP contribution in [0.25, 0.3) is 33.1 Å². The first-order valence-electron chi connectivity index (χ1n) is 9.53. The van der Waals surface area contributed by atoms with E-state index in [1.165, 1.54) is 23.5 Å². The fraction of sp³-hybridized carbons (Fsp3) is 0.0435. The highest BCUT2D eigenvalue weighted by molar-refractivity contribution is 7.17. The summed E-state index contributed by atoms with van der Waals surface area (Å²) in [5.41, 5.74) is 4.14. The molecule has 0 aliphatic carbocycles. The Bertz CT molecular complexity index is 1410. The van der Waals surface area contributed by atoms with Crippen molar-refractivity contribution in [2.24, 2.45) is 0 Å². The number of carbonyl (C=O) groups excluding carboxylic acids is 1. The van der Waals surface area contributed by atoms with Crippen LogP contribution < -0.4 is 5.32 Å². The Morgan fingerprint density at radius 2 is 1.97 bits per heavy atom. The average Bonchev–Trinajstić information content (AvgIpc) is 3.38. The zero-order valence-electron chi connectivity index (χ0n) is 16.4. The number of imidazole rings is 1. The fourth-order valence-corrected chi connectivity index (χ4v) is 4.19. The molecule has 5 aromatic rings. The van der Waals surface area contributed by atoms with E-state index < -0.39 is 0 Å². The molecule has 0 unspecified atom stereocenters. The van der Waals surface area contributed by atoms with E-state index in [4.69, 9.17) is 0 Å². The summed E-state index contributed by atoms with van der Waals surface area (Å²) >= 11 is 1.30. The number of hydrogen-bond acceptors (Lipinski definition) is 5. The third-order valence-corrected chi connectivity index (χ3v) is 5.90. The van der Waals surface area contributed by atoms with Gasteiger partial charge in [-0.2, -0.15) is 0 Å². The van der Waals surface area contributed by atoms with Crippen molar-refractivity contribution in [1.82, 2.24) is 19.9 Å². The van der Waals surface area contributed by atoms with Crippen molar-refractivity contribution in [3.05, 3.63) is 83.2 Å².